The van der Waals surface area contributed by atoms with Crippen molar-refractivity contribution >= 4 is 0 Å². The molecule has 1 fully saturated rings. The van der Waals surface area contributed by atoms with Gasteiger partial charge < -0.3 is 14.6 Å². The minimum atomic E-state index is 0.0671. The zero-order valence-electron chi connectivity index (χ0n) is 13.6. The molecule has 0 saturated heterocycles. The van der Waals surface area contributed by atoms with Crippen LogP contribution in [-0.4, -0.2) is 37.3 Å². The fourth-order valence-corrected chi connectivity index (χ4v) is 3.40. The maximum Gasteiger partial charge on any atom is 0.200 e. The van der Waals surface area contributed by atoms with Gasteiger partial charge in [-0.15, -0.1) is 0 Å². The molecule has 1 N–H and O–H groups in total. The third-order valence-electron chi connectivity index (χ3n) is 4.60. The highest BCUT2D eigenvalue weighted by atomic mass is 16.5. The first-order chi connectivity index (χ1) is 10.1. The van der Waals surface area contributed by atoms with Gasteiger partial charge in [-0.25, -0.2) is 0 Å². The summed E-state index contributed by atoms with van der Waals surface area (Å²) >= 11 is 0. The van der Waals surface area contributed by atoms with Gasteiger partial charge in [0.15, 0.2) is 11.5 Å². The van der Waals surface area contributed by atoms with E-state index >= 15 is 0 Å². The highest BCUT2D eigenvalue weighted by molar-refractivity contribution is 5.52. The minimum Gasteiger partial charge on any atom is -0.502 e. The Bertz CT molecular complexity index is 450. The van der Waals surface area contributed by atoms with Crippen LogP contribution >= 0.6 is 0 Å². The van der Waals surface area contributed by atoms with Crippen LogP contribution in [0.25, 0.3) is 0 Å². The summed E-state index contributed by atoms with van der Waals surface area (Å²) in [4.78, 5) is 2.41. The Morgan fingerprint density at radius 3 is 2.24 bits per heavy atom. The van der Waals surface area contributed by atoms with Gasteiger partial charge in [0.1, 0.15) is 0 Å². The smallest absolute Gasteiger partial charge is 0.200 e. The lowest BCUT2D eigenvalue weighted by Gasteiger charge is -2.36. The highest BCUT2D eigenvalue weighted by Gasteiger charge is 2.25. The Morgan fingerprint density at radius 2 is 1.71 bits per heavy atom. The first-order valence-electron chi connectivity index (χ1n) is 7.71. The van der Waals surface area contributed by atoms with Crippen molar-refractivity contribution < 1.29 is 14.6 Å². The molecule has 1 aromatic carbocycles. The van der Waals surface area contributed by atoms with Crippen LogP contribution in [0.2, 0.25) is 0 Å². The Hall–Kier alpha value is -1.42. The normalized spacial score (nSPS) is 22.3. The number of phenols is 1. The van der Waals surface area contributed by atoms with E-state index in [1.165, 1.54) is 25.7 Å². The molecule has 0 radical (unpaired) electrons. The zero-order chi connectivity index (χ0) is 15.4. The van der Waals surface area contributed by atoms with Crippen molar-refractivity contribution in [3.05, 3.63) is 17.7 Å². The highest BCUT2D eigenvalue weighted by Crippen LogP contribution is 2.38. The van der Waals surface area contributed by atoms with Gasteiger partial charge in [-0.3, -0.25) is 4.90 Å². The summed E-state index contributed by atoms with van der Waals surface area (Å²) in [6.45, 7) is 3.18. The number of rotatable bonds is 5. The number of aromatic hydroxyl groups is 1. The molecule has 0 spiro atoms. The van der Waals surface area contributed by atoms with E-state index in [9.17, 15) is 5.11 Å². The molecule has 4 nitrogen and oxygen atoms in total. The van der Waals surface area contributed by atoms with Gasteiger partial charge in [0.2, 0.25) is 5.75 Å². The number of phenolic OH excluding ortho intramolecular Hbond substituents is 1. The molecule has 0 aromatic heterocycles. The Kier molecular flexibility index (Phi) is 5.34. The molecular weight excluding hydrogens is 266 g/mol. The topological polar surface area (TPSA) is 41.9 Å². The van der Waals surface area contributed by atoms with Crippen molar-refractivity contribution in [2.24, 2.45) is 5.92 Å². The molecule has 0 aliphatic heterocycles. The van der Waals surface area contributed by atoms with Crippen molar-refractivity contribution in [1.82, 2.24) is 4.90 Å². The van der Waals surface area contributed by atoms with E-state index in [2.05, 4.69) is 18.9 Å². The lowest BCUT2D eigenvalue weighted by molar-refractivity contribution is 0.133. The molecule has 1 saturated carbocycles. The van der Waals surface area contributed by atoms with E-state index in [0.717, 1.165) is 18.0 Å². The Labute approximate surface area is 127 Å². The van der Waals surface area contributed by atoms with Crippen LogP contribution in [-0.2, 0) is 6.54 Å². The fourth-order valence-electron chi connectivity index (χ4n) is 3.40. The van der Waals surface area contributed by atoms with Crippen molar-refractivity contribution in [3.63, 3.8) is 0 Å². The molecule has 0 bridgehead atoms. The molecular formula is C17H27NO3. The quantitative estimate of drug-likeness (QED) is 0.903. The second-order valence-electron chi connectivity index (χ2n) is 6.09. The van der Waals surface area contributed by atoms with E-state index in [4.69, 9.17) is 9.47 Å². The van der Waals surface area contributed by atoms with Crippen molar-refractivity contribution in [3.8, 4) is 17.2 Å². The molecule has 1 aliphatic rings. The van der Waals surface area contributed by atoms with Crippen LogP contribution < -0.4 is 9.47 Å². The molecule has 0 heterocycles. The average Bonchev–Trinajstić information content (AvgIpc) is 2.49. The average molecular weight is 293 g/mol. The van der Waals surface area contributed by atoms with Crippen LogP contribution in [0.5, 0.6) is 17.2 Å². The summed E-state index contributed by atoms with van der Waals surface area (Å²) in [5.74, 6) is 1.74. The summed E-state index contributed by atoms with van der Waals surface area (Å²) in [6.07, 6.45) is 5.26. The summed E-state index contributed by atoms with van der Waals surface area (Å²) in [5.41, 5.74) is 1.10. The van der Waals surface area contributed by atoms with Gasteiger partial charge in [0.25, 0.3) is 0 Å². The first kappa shape index (κ1) is 16.0. The SMILES string of the molecule is COc1cc(CN(C)C2CCCCC2C)cc(OC)c1O. The van der Waals surface area contributed by atoms with Crippen LogP contribution in [0.4, 0.5) is 0 Å². The van der Waals surface area contributed by atoms with Gasteiger partial charge >= 0.3 is 0 Å². The van der Waals surface area contributed by atoms with Crippen LogP contribution in [0.3, 0.4) is 0 Å². The monoisotopic (exact) mass is 293 g/mol. The lowest BCUT2D eigenvalue weighted by atomic mass is 9.85. The third kappa shape index (κ3) is 3.62. The number of hydrogen-bond acceptors (Lipinski definition) is 4. The van der Waals surface area contributed by atoms with Gasteiger partial charge in [-0.2, -0.15) is 0 Å². The van der Waals surface area contributed by atoms with E-state index in [1.54, 1.807) is 14.2 Å². The van der Waals surface area contributed by atoms with Gasteiger partial charge in [0.05, 0.1) is 14.2 Å². The van der Waals surface area contributed by atoms with Crippen LogP contribution in [0, 0.1) is 5.92 Å². The summed E-state index contributed by atoms with van der Waals surface area (Å²) < 4.78 is 10.5. The van der Waals surface area contributed by atoms with Crippen molar-refractivity contribution in [2.45, 2.75) is 45.2 Å². The molecule has 2 rings (SSSR count). The van der Waals surface area contributed by atoms with Gasteiger partial charge in [0, 0.05) is 12.6 Å². The largest absolute Gasteiger partial charge is 0.502 e. The number of ether oxygens (including phenoxy) is 2. The summed E-state index contributed by atoms with van der Waals surface area (Å²) in [5, 5.41) is 9.97. The molecule has 2 atom stereocenters. The van der Waals surface area contributed by atoms with Crippen molar-refractivity contribution in [1.29, 1.82) is 0 Å². The number of nitrogens with zero attached hydrogens (tertiary/aromatic N) is 1. The minimum absolute atomic E-state index is 0.0671. The second-order valence-corrected chi connectivity index (χ2v) is 6.09. The molecule has 1 aliphatic carbocycles. The van der Waals surface area contributed by atoms with Crippen LogP contribution in [0.1, 0.15) is 38.2 Å². The molecule has 21 heavy (non-hydrogen) atoms. The number of benzene rings is 1. The maximum absolute atomic E-state index is 9.97. The van der Waals surface area contributed by atoms with Crippen molar-refractivity contribution in [2.75, 3.05) is 21.3 Å². The first-order valence-corrected chi connectivity index (χ1v) is 7.71. The summed E-state index contributed by atoms with van der Waals surface area (Å²) in [7, 11) is 5.30. The van der Waals surface area contributed by atoms with Crippen LogP contribution in [0.15, 0.2) is 12.1 Å². The third-order valence-corrected chi connectivity index (χ3v) is 4.60. The van der Waals surface area contributed by atoms with E-state index in [1.807, 2.05) is 12.1 Å². The fraction of sp³-hybridized carbons (Fsp3) is 0.647. The Balaban J connectivity index is 2.14. The lowest BCUT2D eigenvalue weighted by Crippen LogP contribution is -2.38. The number of methoxy groups -OCH3 is 2. The molecule has 118 valence electrons. The molecule has 1 aromatic rings. The van der Waals surface area contributed by atoms with E-state index < -0.39 is 0 Å². The molecule has 0 amide bonds. The van der Waals surface area contributed by atoms with Gasteiger partial charge in [-0.05, 0) is 43.5 Å². The Morgan fingerprint density at radius 1 is 1.14 bits per heavy atom. The van der Waals surface area contributed by atoms with E-state index in [0.29, 0.717) is 17.5 Å². The predicted octanol–water partition coefficient (Wildman–Crippen LogP) is 3.42. The van der Waals surface area contributed by atoms with E-state index in [-0.39, 0.29) is 5.75 Å². The predicted molar refractivity (Wildman–Crippen MR) is 84.1 cm³/mol. The summed E-state index contributed by atoms with van der Waals surface area (Å²) in [6, 6.07) is 4.41. The molecule has 4 heteroatoms. The zero-order valence-corrected chi connectivity index (χ0v) is 13.6. The maximum atomic E-state index is 9.97. The second kappa shape index (κ2) is 7.03. The van der Waals surface area contributed by atoms with Gasteiger partial charge in [-0.1, -0.05) is 19.8 Å². The standard InChI is InChI=1S/C17H27NO3/c1-12-7-5-6-8-14(12)18(2)11-13-9-15(20-3)17(19)16(10-13)21-4/h9-10,12,14,19H,5-8,11H2,1-4H3. The molecule has 2 unspecified atom stereocenters. The number of hydrogen-bond donors (Lipinski definition) is 1.